The molecule has 2 nitrogen and oxygen atoms in total. The summed E-state index contributed by atoms with van der Waals surface area (Å²) in [6, 6.07) is 6.99. The first-order chi connectivity index (χ1) is 7.70. The lowest BCUT2D eigenvalue weighted by Crippen LogP contribution is -2.15. The van der Waals surface area contributed by atoms with Crippen molar-refractivity contribution in [2.45, 2.75) is 19.5 Å². The predicted molar refractivity (Wildman–Crippen MR) is 61.3 cm³/mol. The maximum Gasteiger partial charge on any atom is 0.160 e. The molecular formula is C13H16FNO. The van der Waals surface area contributed by atoms with Gasteiger partial charge in [-0.15, -0.1) is 0 Å². The van der Waals surface area contributed by atoms with Crippen molar-refractivity contribution in [3.05, 3.63) is 35.4 Å². The van der Waals surface area contributed by atoms with Gasteiger partial charge in [0.05, 0.1) is 0 Å². The summed E-state index contributed by atoms with van der Waals surface area (Å²) in [4.78, 5) is 11.4. The highest BCUT2D eigenvalue weighted by Gasteiger charge is 2.28. The van der Waals surface area contributed by atoms with Crippen molar-refractivity contribution in [3.63, 3.8) is 0 Å². The number of alkyl halides is 1. The van der Waals surface area contributed by atoms with Crippen LogP contribution in [0.4, 0.5) is 4.39 Å². The minimum atomic E-state index is -1.03. The van der Waals surface area contributed by atoms with Crippen molar-refractivity contribution < 1.29 is 9.18 Å². The molecular weight excluding hydrogens is 205 g/mol. The third-order valence-corrected chi connectivity index (χ3v) is 3.15. The Labute approximate surface area is 94.9 Å². The summed E-state index contributed by atoms with van der Waals surface area (Å²) in [6.07, 6.45) is -0.192. The van der Waals surface area contributed by atoms with Crippen molar-refractivity contribution in [1.82, 2.24) is 5.32 Å². The van der Waals surface area contributed by atoms with Crippen LogP contribution in [0.3, 0.4) is 0 Å². The van der Waals surface area contributed by atoms with Crippen molar-refractivity contribution >= 4 is 5.78 Å². The maximum atomic E-state index is 14.3. The molecule has 0 amide bonds. The minimum Gasteiger partial charge on any atom is -0.316 e. The molecule has 1 saturated heterocycles. The Balaban J connectivity index is 2.27. The van der Waals surface area contributed by atoms with Gasteiger partial charge in [-0.1, -0.05) is 24.3 Å². The SMILES string of the molecule is CC(=O)c1ccccc1C(F)C1CCNC1. The van der Waals surface area contributed by atoms with Crippen LogP contribution in [0.1, 0.15) is 35.4 Å². The molecule has 0 spiro atoms. The van der Waals surface area contributed by atoms with Crippen molar-refractivity contribution in [1.29, 1.82) is 0 Å². The smallest absolute Gasteiger partial charge is 0.160 e. The quantitative estimate of drug-likeness (QED) is 0.794. The molecule has 3 heteroatoms. The van der Waals surface area contributed by atoms with E-state index in [2.05, 4.69) is 5.32 Å². The van der Waals surface area contributed by atoms with Crippen LogP contribution in [0.2, 0.25) is 0 Å². The van der Waals surface area contributed by atoms with Crippen LogP contribution in [-0.2, 0) is 0 Å². The van der Waals surface area contributed by atoms with Gasteiger partial charge in [0, 0.05) is 18.0 Å². The molecule has 0 aliphatic carbocycles. The number of benzene rings is 1. The van der Waals surface area contributed by atoms with Crippen LogP contribution >= 0.6 is 0 Å². The Bertz CT molecular complexity index is 385. The minimum absolute atomic E-state index is 0.000463. The summed E-state index contributed by atoms with van der Waals surface area (Å²) in [5, 5.41) is 3.15. The van der Waals surface area contributed by atoms with E-state index in [-0.39, 0.29) is 11.7 Å². The second kappa shape index (κ2) is 4.74. The summed E-state index contributed by atoms with van der Waals surface area (Å²) in [7, 11) is 0. The molecule has 0 aromatic heterocycles. The van der Waals surface area contributed by atoms with E-state index in [1.54, 1.807) is 24.3 Å². The first-order valence-electron chi connectivity index (χ1n) is 5.65. The third kappa shape index (κ3) is 2.14. The van der Waals surface area contributed by atoms with Gasteiger partial charge in [0.15, 0.2) is 5.78 Å². The van der Waals surface area contributed by atoms with Crippen LogP contribution in [0, 0.1) is 5.92 Å². The molecule has 2 unspecified atom stereocenters. The highest BCUT2D eigenvalue weighted by molar-refractivity contribution is 5.95. The number of rotatable bonds is 3. The summed E-state index contributed by atoms with van der Waals surface area (Å²) in [5.74, 6) is -0.0651. The highest BCUT2D eigenvalue weighted by Crippen LogP contribution is 2.32. The van der Waals surface area contributed by atoms with Crippen molar-refractivity contribution in [2.75, 3.05) is 13.1 Å². The second-order valence-electron chi connectivity index (χ2n) is 4.30. The molecule has 1 fully saturated rings. The number of hydrogen-bond donors (Lipinski definition) is 1. The monoisotopic (exact) mass is 221 g/mol. The summed E-state index contributed by atoms with van der Waals surface area (Å²) in [5.41, 5.74) is 1.06. The molecule has 0 radical (unpaired) electrons. The number of carbonyl (C=O) groups is 1. The van der Waals surface area contributed by atoms with Crippen molar-refractivity contribution in [2.24, 2.45) is 5.92 Å². The predicted octanol–water partition coefficient (Wildman–Crippen LogP) is 2.51. The number of carbonyl (C=O) groups excluding carboxylic acids is 1. The number of hydrogen-bond acceptors (Lipinski definition) is 2. The maximum absolute atomic E-state index is 14.3. The second-order valence-corrected chi connectivity index (χ2v) is 4.30. The Morgan fingerprint density at radius 1 is 1.50 bits per heavy atom. The highest BCUT2D eigenvalue weighted by atomic mass is 19.1. The molecule has 1 heterocycles. The molecule has 1 aromatic carbocycles. The van der Waals surface area contributed by atoms with E-state index in [0.717, 1.165) is 13.0 Å². The normalized spacial score (nSPS) is 22.0. The van der Waals surface area contributed by atoms with E-state index in [1.807, 2.05) is 0 Å². The molecule has 0 saturated carbocycles. The lowest BCUT2D eigenvalue weighted by molar-refractivity contribution is 0.101. The van der Waals surface area contributed by atoms with Gasteiger partial charge in [-0.3, -0.25) is 4.79 Å². The van der Waals surface area contributed by atoms with Gasteiger partial charge in [0.1, 0.15) is 6.17 Å². The van der Waals surface area contributed by atoms with Gasteiger partial charge in [-0.25, -0.2) is 4.39 Å². The lowest BCUT2D eigenvalue weighted by atomic mass is 9.92. The zero-order valence-electron chi connectivity index (χ0n) is 9.37. The van der Waals surface area contributed by atoms with E-state index in [0.29, 0.717) is 17.7 Å². The molecule has 16 heavy (non-hydrogen) atoms. The summed E-state index contributed by atoms with van der Waals surface area (Å²) < 4.78 is 14.3. The van der Waals surface area contributed by atoms with E-state index in [1.165, 1.54) is 6.92 Å². The molecule has 86 valence electrons. The van der Waals surface area contributed by atoms with E-state index in [9.17, 15) is 9.18 Å². The van der Waals surface area contributed by atoms with Crippen molar-refractivity contribution in [3.8, 4) is 0 Å². The zero-order valence-corrected chi connectivity index (χ0v) is 9.37. The van der Waals surface area contributed by atoms with E-state index < -0.39 is 6.17 Å². The Hall–Kier alpha value is -1.22. The van der Waals surface area contributed by atoms with Crippen LogP contribution in [0.5, 0.6) is 0 Å². The molecule has 2 rings (SSSR count). The van der Waals surface area contributed by atoms with Gasteiger partial charge < -0.3 is 5.32 Å². The third-order valence-electron chi connectivity index (χ3n) is 3.15. The van der Waals surface area contributed by atoms with Gasteiger partial charge >= 0.3 is 0 Å². The first-order valence-corrected chi connectivity index (χ1v) is 5.65. The topological polar surface area (TPSA) is 29.1 Å². The molecule has 1 aliphatic rings. The van der Waals surface area contributed by atoms with Gasteiger partial charge in [0.2, 0.25) is 0 Å². The Morgan fingerprint density at radius 3 is 2.88 bits per heavy atom. The fourth-order valence-corrected chi connectivity index (χ4v) is 2.24. The average molecular weight is 221 g/mol. The van der Waals surface area contributed by atoms with Gasteiger partial charge in [-0.05, 0) is 25.5 Å². The lowest BCUT2D eigenvalue weighted by Gasteiger charge is -2.17. The number of nitrogens with one attached hydrogen (secondary N) is 1. The van der Waals surface area contributed by atoms with E-state index in [4.69, 9.17) is 0 Å². The number of ketones is 1. The standard InChI is InChI=1S/C13H16FNO/c1-9(16)11-4-2-3-5-12(11)13(14)10-6-7-15-8-10/h2-5,10,13,15H,6-8H2,1H3. The largest absolute Gasteiger partial charge is 0.316 e. The molecule has 1 aliphatic heterocycles. The van der Waals surface area contributed by atoms with E-state index >= 15 is 0 Å². The average Bonchev–Trinajstić information content (AvgIpc) is 2.81. The van der Waals surface area contributed by atoms with Crippen LogP contribution in [0.15, 0.2) is 24.3 Å². The number of halogens is 1. The molecule has 1 aromatic rings. The zero-order chi connectivity index (χ0) is 11.5. The molecule has 2 atom stereocenters. The fraction of sp³-hybridized carbons (Fsp3) is 0.462. The van der Waals surface area contributed by atoms with Crippen LogP contribution in [0.25, 0.3) is 0 Å². The number of Topliss-reactive ketones (excluding diaryl/α,β-unsaturated/α-hetero) is 1. The Kier molecular flexibility index (Phi) is 3.34. The summed E-state index contributed by atoms with van der Waals surface area (Å²) >= 11 is 0. The fourth-order valence-electron chi connectivity index (χ4n) is 2.24. The van der Waals surface area contributed by atoms with Crippen LogP contribution < -0.4 is 5.32 Å². The Morgan fingerprint density at radius 2 is 2.25 bits per heavy atom. The van der Waals surface area contributed by atoms with Gasteiger partial charge in [0.25, 0.3) is 0 Å². The first kappa shape index (κ1) is 11.3. The molecule has 1 N–H and O–H groups in total. The molecule has 0 bridgehead atoms. The van der Waals surface area contributed by atoms with Crippen LogP contribution in [-0.4, -0.2) is 18.9 Å². The van der Waals surface area contributed by atoms with Gasteiger partial charge in [-0.2, -0.15) is 0 Å². The summed E-state index contributed by atoms with van der Waals surface area (Å²) in [6.45, 7) is 3.05.